The van der Waals surface area contributed by atoms with Crippen molar-refractivity contribution in [1.29, 1.82) is 0 Å². The van der Waals surface area contributed by atoms with Crippen molar-refractivity contribution in [3.05, 3.63) is 34.2 Å². The predicted octanol–water partition coefficient (Wildman–Crippen LogP) is 3.15. The van der Waals surface area contributed by atoms with Crippen LogP contribution in [0.25, 0.3) is 10.9 Å². The highest BCUT2D eigenvalue weighted by Gasteiger charge is 2.53. The number of hydrogen-bond donors (Lipinski definition) is 0. The number of rotatable bonds is 1. The molecule has 1 aromatic heterocycles. The van der Waals surface area contributed by atoms with Crippen molar-refractivity contribution in [2.24, 2.45) is 0 Å². The van der Waals surface area contributed by atoms with Gasteiger partial charge in [-0.1, -0.05) is 0 Å². The average molecular weight is 447 g/mol. The SMILES string of the molecule is CC(=O)N1CCC(N2CC3(CN(C)c4cnc5cc(F)c(Br)cc5c43)C2)CC1. The molecule has 1 amide bonds. The molecule has 2 aromatic rings. The van der Waals surface area contributed by atoms with Crippen LogP contribution in [0, 0.1) is 5.82 Å². The Kier molecular flexibility index (Phi) is 4.18. The van der Waals surface area contributed by atoms with Gasteiger partial charge >= 0.3 is 0 Å². The third-order valence-electron chi connectivity index (χ3n) is 6.81. The Hall–Kier alpha value is -1.73. The fourth-order valence-corrected chi connectivity index (χ4v) is 5.78. The molecule has 5 rings (SSSR count). The second kappa shape index (κ2) is 6.39. The van der Waals surface area contributed by atoms with E-state index in [9.17, 15) is 9.18 Å². The van der Waals surface area contributed by atoms with Crippen LogP contribution in [0.4, 0.5) is 10.1 Å². The predicted molar refractivity (Wildman–Crippen MR) is 111 cm³/mol. The monoisotopic (exact) mass is 446 g/mol. The fraction of sp³-hybridized carbons (Fsp3) is 0.524. The number of nitrogens with zero attached hydrogens (tertiary/aromatic N) is 4. The molecule has 28 heavy (non-hydrogen) atoms. The Bertz CT molecular complexity index is 967. The van der Waals surface area contributed by atoms with Gasteiger partial charge in [-0.3, -0.25) is 14.7 Å². The molecule has 148 valence electrons. The summed E-state index contributed by atoms with van der Waals surface area (Å²) < 4.78 is 14.5. The lowest BCUT2D eigenvalue weighted by atomic mass is 9.72. The summed E-state index contributed by atoms with van der Waals surface area (Å²) in [4.78, 5) is 22.9. The average Bonchev–Trinajstić information content (AvgIpc) is 2.95. The first-order valence-corrected chi connectivity index (χ1v) is 10.7. The van der Waals surface area contributed by atoms with Crippen LogP contribution in [0.5, 0.6) is 0 Å². The molecule has 2 saturated heterocycles. The maximum absolute atomic E-state index is 14.0. The van der Waals surface area contributed by atoms with Crippen LogP contribution in [0.3, 0.4) is 0 Å². The van der Waals surface area contributed by atoms with Crippen molar-refractivity contribution in [1.82, 2.24) is 14.8 Å². The van der Waals surface area contributed by atoms with E-state index in [2.05, 4.69) is 37.8 Å². The van der Waals surface area contributed by atoms with E-state index in [4.69, 9.17) is 0 Å². The maximum atomic E-state index is 14.0. The van der Waals surface area contributed by atoms with E-state index < -0.39 is 0 Å². The van der Waals surface area contributed by atoms with Gasteiger partial charge in [0.1, 0.15) is 5.82 Å². The number of carbonyl (C=O) groups excluding carboxylic acids is 1. The summed E-state index contributed by atoms with van der Waals surface area (Å²) in [6.07, 6.45) is 3.99. The normalized spacial score (nSPS) is 22.0. The summed E-state index contributed by atoms with van der Waals surface area (Å²) in [6.45, 7) is 6.38. The summed E-state index contributed by atoms with van der Waals surface area (Å²) in [7, 11) is 2.12. The maximum Gasteiger partial charge on any atom is 0.219 e. The highest BCUT2D eigenvalue weighted by atomic mass is 79.9. The Balaban J connectivity index is 1.43. The third-order valence-corrected chi connectivity index (χ3v) is 7.42. The van der Waals surface area contributed by atoms with Crippen LogP contribution in [0.1, 0.15) is 25.3 Å². The van der Waals surface area contributed by atoms with Crippen LogP contribution in [0.15, 0.2) is 22.8 Å². The van der Waals surface area contributed by atoms with Crippen molar-refractivity contribution in [3.8, 4) is 0 Å². The standard InChI is InChI=1S/C21H24BrFN4O/c1-13(28)26-5-3-14(4-6-26)27-11-21(12-27)10-25(2)19-9-24-18-8-17(23)16(22)7-15(18)20(19)21/h7-9,14H,3-6,10-12H2,1-2H3. The number of likely N-dealkylation sites (tertiary alicyclic amines) is 2. The van der Waals surface area contributed by atoms with Gasteiger partial charge in [0.25, 0.3) is 0 Å². The number of carbonyl (C=O) groups is 1. The Morgan fingerprint density at radius 1 is 1.25 bits per heavy atom. The number of halogens is 2. The minimum Gasteiger partial charge on any atom is -0.372 e. The molecule has 2 fully saturated rings. The first kappa shape index (κ1) is 18.3. The van der Waals surface area contributed by atoms with Gasteiger partial charge < -0.3 is 9.80 Å². The lowest BCUT2D eigenvalue weighted by molar-refractivity contribution is -0.130. The largest absolute Gasteiger partial charge is 0.372 e. The van der Waals surface area contributed by atoms with E-state index in [-0.39, 0.29) is 17.1 Å². The molecule has 0 bridgehead atoms. The zero-order valence-electron chi connectivity index (χ0n) is 16.2. The number of pyridine rings is 1. The number of likely N-dealkylation sites (N-methyl/N-ethyl adjacent to an activating group) is 1. The van der Waals surface area contributed by atoms with Crippen LogP contribution < -0.4 is 4.90 Å². The quantitative estimate of drug-likeness (QED) is 0.674. The van der Waals surface area contributed by atoms with E-state index >= 15 is 0 Å². The number of anilines is 1. The number of fused-ring (bicyclic) bond motifs is 4. The topological polar surface area (TPSA) is 39.7 Å². The molecule has 0 saturated carbocycles. The molecule has 3 aliphatic heterocycles. The van der Waals surface area contributed by atoms with Crippen molar-refractivity contribution < 1.29 is 9.18 Å². The summed E-state index contributed by atoms with van der Waals surface area (Å²) in [5.41, 5.74) is 3.29. The zero-order chi connectivity index (χ0) is 19.6. The van der Waals surface area contributed by atoms with Crippen molar-refractivity contribution in [3.63, 3.8) is 0 Å². The summed E-state index contributed by atoms with van der Waals surface area (Å²) in [5, 5.41) is 1.06. The van der Waals surface area contributed by atoms with Gasteiger partial charge in [0, 0.05) is 69.6 Å². The number of amides is 1. The molecule has 0 N–H and O–H groups in total. The Morgan fingerprint density at radius 2 is 1.96 bits per heavy atom. The molecule has 4 heterocycles. The lowest BCUT2D eigenvalue weighted by Crippen LogP contribution is -2.65. The van der Waals surface area contributed by atoms with Crippen LogP contribution in [-0.2, 0) is 10.2 Å². The van der Waals surface area contributed by atoms with Crippen LogP contribution >= 0.6 is 15.9 Å². The number of hydrogen-bond acceptors (Lipinski definition) is 4. The fourth-order valence-electron chi connectivity index (χ4n) is 5.44. The molecular formula is C21H24BrFN4O. The first-order chi connectivity index (χ1) is 13.4. The zero-order valence-corrected chi connectivity index (χ0v) is 17.8. The second-order valence-corrected chi connectivity index (χ2v) is 9.43. The smallest absolute Gasteiger partial charge is 0.219 e. The summed E-state index contributed by atoms with van der Waals surface area (Å²) in [5.74, 6) is -0.0885. The van der Waals surface area contributed by atoms with Crippen molar-refractivity contribution in [2.45, 2.75) is 31.2 Å². The molecule has 1 aromatic carbocycles. The van der Waals surface area contributed by atoms with E-state index in [1.807, 2.05) is 17.2 Å². The van der Waals surface area contributed by atoms with E-state index in [0.717, 1.165) is 62.2 Å². The van der Waals surface area contributed by atoms with Gasteiger partial charge in [-0.2, -0.15) is 0 Å². The minimum atomic E-state index is -0.271. The number of benzene rings is 1. The third kappa shape index (κ3) is 2.66. The highest BCUT2D eigenvalue weighted by molar-refractivity contribution is 9.10. The van der Waals surface area contributed by atoms with Crippen LogP contribution in [-0.4, -0.2) is 66.5 Å². The molecule has 3 aliphatic rings. The molecule has 7 heteroatoms. The van der Waals surface area contributed by atoms with Crippen molar-refractivity contribution in [2.75, 3.05) is 44.7 Å². The van der Waals surface area contributed by atoms with Gasteiger partial charge in [0.05, 0.1) is 21.9 Å². The van der Waals surface area contributed by atoms with Gasteiger partial charge in [-0.25, -0.2) is 4.39 Å². The molecule has 5 nitrogen and oxygen atoms in total. The van der Waals surface area contributed by atoms with Gasteiger partial charge in [-0.05, 0) is 40.4 Å². The van der Waals surface area contributed by atoms with E-state index in [1.165, 1.54) is 11.6 Å². The molecular weight excluding hydrogens is 423 g/mol. The van der Waals surface area contributed by atoms with Crippen molar-refractivity contribution >= 4 is 38.4 Å². The Labute approximate surface area is 172 Å². The van der Waals surface area contributed by atoms with E-state index in [0.29, 0.717) is 10.5 Å². The first-order valence-electron chi connectivity index (χ1n) is 9.87. The highest BCUT2D eigenvalue weighted by Crippen LogP contribution is 2.50. The number of aromatic nitrogens is 1. The molecule has 1 spiro atoms. The van der Waals surface area contributed by atoms with E-state index in [1.54, 1.807) is 6.92 Å². The molecule has 0 unspecified atom stereocenters. The lowest BCUT2D eigenvalue weighted by Gasteiger charge is -2.53. The summed E-state index contributed by atoms with van der Waals surface area (Å²) >= 11 is 3.35. The Morgan fingerprint density at radius 3 is 2.64 bits per heavy atom. The van der Waals surface area contributed by atoms with Gasteiger partial charge in [0.2, 0.25) is 5.91 Å². The van der Waals surface area contributed by atoms with Crippen LogP contribution in [0.2, 0.25) is 0 Å². The molecule has 0 radical (unpaired) electrons. The second-order valence-electron chi connectivity index (χ2n) is 8.58. The van der Waals surface area contributed by atoms with Gasteiger partial charge in [0.15, 0.2) is 0 Å². The number of piperidine rings is 1. The molecule has 0 atom stereocenters. The minimum absolute atomic E-state index is 0.0836. The summed E-state index contributed by atoms with van der Waals surface area (Å²) in [6, 6.07) is 3.97. The molecule has 0 aliphatic carbocycles. The van der Waals surface area contributed by atoms with Gasteiger partial charge in [-0.15, -0.1) is 0 Å².